The van der Waals surface area contributed by atoms with Gasteiger partial charge >= 0.3 is 30.8 Å². The van der Waals surface area contributed by atoms with Gasteiger partial charge in [-0.25, -0.2) is 8.42 Å². The molecule has 1 saturated heterocycles. The summed E-state index contributed by atoms with van der Waals surface area (Å²) >= 11 is 0. The van der Waals surface area contributed by atoms with Crippen molar-refractivity contribution in [2.24, 2.45) is 5.92 Å². The molecule has 1 aliphatic heterocycles. The summed E-state index contributed by atoms with van der Waals surface area (Å²) in [6, 6.07) is 0. The maximum atomic E-state index is 10.6. The summed E-state index contributed by atoms with van der Waals surface area (Å²) in [6.45, 7) is 1.16. The van der Waals surface area contributed by atoms with E-state index in [-0.39, 0.29) is 18.9 Å². The summed E-state index contributed by atoms with van der Waals surface area (Å²) in [5.41, 5.74) is 0. The van der Waals surface area contributed by atoms with Gasteiger partial charge in [0, 0.05) is 0 Å². The molecule has 0 aromatic carbocycles. The predicted molar refractivity (Wildman–Crippen MR) is 33.7 cm³/mol. The summed E-state index contributed by atoms with van der Waals surface area (Å²) in [6.07, 6.45) is 0. The number of esters is 2. The molecule has 0 spiro atoms. The van der Waals surface area contributed by atoms with Gasteiger partial charge in [-0.2, -0.15) is 0 Å². The number of cyclic esters (lactones) is 2. The first kappa shape index (κ1) is 12.6. The van der Waals surface area contributed by atoms with E-state index in [0.29, 0.717) is 0 Å². The molecule has 1 fully saturated rings. The van der Waals surface area contributed by atoms with Crippen LogP contribution in [0.3, 0.4) is 0 Å². The molecular weight excluding hydrogens is 195 g/mol. The zero-order valence-corrected chi connectivity index (χ0v) is 7.83. The van der Waals surface area contributed by atoms with Gasteiger partial charge in [0.15, 0.2) is 5.25 Å². The minimum Gasteiger partial charge on any atom is -0.747 e. The van der Waals surface area contributed by atoms with Crippen LogP contribution in [-0.4, -0.2) is 30.2 Å². The van der Waals surface area contributed by atoms with Crippen molar-refractivity contribution in [2.45, 2.75) is 12.2 Å². The monoisotopic (exact) mass is 200 g/mol. The Morgan fingerprint density at radius 1 is 1.31 bits per heavy atom. The van der Waals surface area contributed by atoms with Gasteiger partial charge in [-0.3, -0.25) is 9.59 Å². The van der Waals surface area contributed by atoms with E-state index in [1.54, 1.807) is 0 Å². The fourth-order valence-corrected chi connectivity index (χ4v) is 1.84. The van der Waals surface area contributed by atoms with Crippen molar-refractivity contribution >= 4 is 22.1 Å². The Morgan fingerprint density at radius 2 is 1.77 bits per heavy atom. The van der Waals surface area contributed by atoms with Gasteiger partial charge in [-0.05, 0) is 0 Å². The number of hydrogen-bond donors (Lipinski definition) is 0. The molecule has 1 heterocycles. The molecule has 0 aromatic rings. The fraction of sp³-hybridized carbons (Fsp3) is 0.600. The van der Waals surface area contributed by atoms with Gasteiger partial charge in [0.1, 0.15) is 10.1 Å². The topological polar surface area (TPSA) is 101 Å². The van der Waals surface area contributed by atoms with Gasteiger partial charge in [-0.15, -0.1) is 0 Å². The van der Waals surface area contributed by atoms with E-state index in [9.17, 15) is 22.6 Å². The molecule has 1 aliphatic rings. The molecule has 2 unspecified atom stereocenters. The third-order valence-electron chi connectivity index (χ3n) is 1.57. The van der Waals surface area contributed by atoms with E-state index in [0.717, 1.165) is 6.92 Å². The molecule has 0 radical (unpaired) electrons. The summed E-state index contributed by atoms with van der Waals surface area (Å²) < 4.78 is 35.1. The molecule has 1 rings (SSSR count). The summed E-state index contributed by atoms with van der Waals surface area (Å²) in [7, 11) is -4.78. The van der Waals surface area contributed by atoms with Crippen molar-refractivity contribution in [1.82, 2.24) is 0 Å². The Labute approximate surface area is 86.6 Å². The number of hydrogen-bond acceptors (Lipinski definition) is 6. The second-order valence-electron chi connectivity index (χ2n) is 2.44. The van der Waals surface area contributed by atoms with Gasteiger partial charge in [-0.1, -0.05) is 6.92 Å². The molecule has 13 heavy (non-hydrogen) atoms. The standard InChI is InChI=1S/C5H6O6S.Li/c1-2-3(12(8,9)10)5(7)11-4(2)6;/h2-3H,1H3,(H,8,9,10);/q;+1/p-1. The first-order valence-electron chi connectivity index (χ1n) is 3.04. The van der Waals surface area contributed by atoms with Crippen LogP contribution >= 0.6 is 0 Å². The van der Waals surface area contributed by atoms with Crippen LogP contribution in [-0.2, 0) is 24.4 Å². The molecule has 0 N–H and O–H groups in total. The minimum atomic E-state index is -4.78. The second-order valence-corrected chi connectivity index (χ2v) is 3.94. The average Bonchev–Trinajstić information content (AvgIpc) is 2.05. The predicted octanol–water partition coefficient (Wildman–Crippen LogP) is -4.38. The van der Waals surface area contributed by atoms with Crippen molar-refractivity contribution in [3.63, 3.8) is 0 Å². The van der Waals surface area contributed by atoms with E-state index in [2.05, 4.69) is 4.74 Å². The van der Waals surface area contributed by atoms with Crippen LogP contribution in [0.15, 0.2) is 0 Å². The Bertz CT molecular complexity index is 333. The zero-order chi connectivity index (χ0) is 9.52. The quantitative estimate of drug-likeness (QED) is 0.183. The fourth-order valence-electron chi connectivity index (χ4n) is 0.946. The first-order valence-corrected chi connectivity index (χ1v) is 4.51. The molecule has 8 heteroatoms. The number of carbonyl (C=O) groups excluding carboxylic acids is 2. The van der Waals surface area contributed by atoms with Gasteiger partial charge in [0.25, 0.3) is 0 Å². The van der Waals surface area contributed by atoms with Gasteiger partial charge < -0.3 is 9.29 Å². The van der Waals surface area contributed by atoms with Crippen LogP contribution in [0.5, 0.6) is 0 Å². The third-order valence-corrected chi connectivity index (χ3v) is 2.79. The van der Waals surface area contributed by atoms with Gasteiger partial charge in [0.05, 0.1) is 5.92 Å². The average molecular weight is 200 g/mol. The van der Waals surface area contributed by atoms with Crippen molar-refractivity contribution in [3.8, 4) is 0 Å². The van der Waals surface area contributed by atoms with E-state index in [1.807, 2.05) is 0 Å². The number of carbonyl (C=O) groups is 2. The number of ether oxygens (including phenoxy) is 1. The molecule has 0 aliphatic carbocycles. The van der Waals surface area contributed by atoms with E-state index in [1.165, 1.54) is 0 Å². The van der Waals surface area contributed by atoms with Crippen molar-refractivity contribution in [1.29, 1.82) is 0 Å². The summed E-state index contributed by atoms with van der Waals surface area (Å²) in [5, 5.41) is -1.87. The molecule has 6 nitrogen and oxygen atoms in total. The van der Waals surface area contributed by atoms with Crippen LogP contribution in [0.2, 0.25) is 0 Å². The molecular formula is C5H5LiO6S. The second kappa shape index (κ2) is 3.80. The Hall–Kier alpha value is -0.353. The molecule has 0 aromatic heterocycles. The summed E-state index contributed by atoms with van der Waals surface area (Å²) in [4.78, 5) is 21.2. The van der Waals surface area contributed by atoms with Crippen LogP contribution in [0.25, 0.3) is 0 Å². The minimum absolute atomic E-state index is 0. The Morgan fingerprint density at radius 3 is 1.92 bits per heavy atom. The maximum Gasteiger partial charge on any atom is 1.00 e. The van der Waals surface area contributed by atoms with Crippen LogP contribution in [0, 0.1) is 5.92 Å². The van der Waals surface area contributed by atoms with Crippen molar-refractivity contribution in [3.05, 3.63) is 0 Å². The third kappa shape index (κ3) is 2.31. The molecule has 2 atom stereocenters. The Balaban J connectivity index is 0.00000144. The zero-order valence-electron chi connectivity index (χ0n) is 7.01. The summed E-state index contributed by atoms with van der Waals surface area (Å²) in [5.74, 6) is -3.44. The van der Waals surface area contributed by atoms with E-state index >= 15 is 0 Å². The van der Waals surface area contributed by atoms with E-state index in [4.69, 9.17) is 0 Å². The van der Waals surface area contributed by atoms with Gasteiger partial charge in [0.2, 0.25) is 0 Å². The SMILES string of the molecule is CC1C(=O)OC(=O)C1S(=O)(=O)[O-].[Li+]. The molecule has 0 bridgehead atoms. The number of rotatable bonds is 1. The van der Waals surface area contributed by atoms with Crippen molar-refractivity contribution < 1.29 is 46.2 Å². The Kier molecular flexibility index (Phi) is 3.69. The molecule has 0 saturated carbocycles. The molecule has 0 amide bonds. The first-order chi connectivity index (χ1) is 5.34. The largest absolute Gasteiger partial charge is 1.00 e. The smallest absolute Gasteiger partial charge is 0.747 e. The molecule has 68 valence electrons. The van der Waals surface area contributed by atoms with Crippen LogP contribution < -0.4 is 18.9 Å². The normalized spacial score (nSPS) is 28.2. The maximum absolute atomic E-state index is 10.6. The van der Waals surface area contributed by atoms with Crippen LogP contribution in [0.1, 0.15) is 6.92 Å². The van der Waals surface area contributed by atoms with Crippen molar-refractivity contribution in [2.75, 3.05) is 0 Å². The van der Waals surface area contributed by atoms with E-state index < -0.39 is 33.2 Å². The van der Waals surface area contributed by atoms with Crippen LogP contribution in [0.4, 0.5) is 0 Å².